The second-order valence-corrected chi connectivity index (χ2v) is 3.67. The fourth-order valence-electron chi connectivity index (χ4n) is 1.27. The second-order valence-electron chi connectivity index (χ2n) is 3.29. The van der Waals surface area contributed by atoms with Crippen LogP contribution in [0.2, 0.25) is 5.02 Å². The molecule has 1 aromatic rings. The first-order valence-electron chi connectivity index (χ1n) is 4.41. The molecular weight excluding hydrogens is 168 g/mol. The Kier molecular flexibility index (Phi) is 3.16. The maximum atomic E-state index is 6.17. The summed E-state index contributed by atoms with van der Waals surface area (Å²) in [5.74, 6) is 0.567. The van der Waals surface area contributed by atoms with E-state index < -0.39 is 0 Å². The standard InChI is InChI=1S/C11H15Cl/c1-4-8(2)10-7-5-6-9(3)11(10)12/h5-8H,4H2,1-3H3. The van der Waals surface area contributed by atoms with Gasteiger partial charge in [-0.1, -0.05) is 43.6 Å². The summed E-state index contributed by atoms with van der Waals surface area (Å²) in [6, 6.07) is 6.24. The van der Waals surface area contributed by atoms with Gasteiger partial charge in [-0.2, -0.15) is 0 Å². The molecule has 1 atom stereocenters. The summed E-state index contributed by atoms with van der Waals surface area (Å²) >= 11 is 6.17. The number of hydrogen-bond donors (Lipinski definition) is 0. The first-order valence-corrected chi connectivity index (χ1v) is 4.79. The zero-order valence-electron chi connectivity index (χ0n) is 7.89. The van der Waals surface area contributed by atoms with Crippen molar-refractivity contribution in [3.8, 4) is 0 Å². The van der Waals surface area contributed by atoms with Crippen LogP contribution in [0.15, 0.2) is 18.2 Å². The van der Waals surface area contributed by atoms with Crippen molar-refractivity contribution in [2.75, 3.05) is 0 Å². The zero-order chi connectivity index (χ0) is 9.14. The molecule has 0 heterocycles. The highest BCUT2D eigenvalue weighted by Gasteiger charge is 2.08. The van der Waals surface area contributed by atoms with E-state index in [1.165, 1.54) is 11.1 Å². The van der Waals surface area contributed by atoms with Crippen LogP contribution in [-0.2, 0) is 0 Å². The largest absolute Gasteiger partial charge is 0.0837 e. The Bertz CT molecular complexity index is 266. The molecule has 0 aromatic heterocycles. The lowest BCUT2D eigenvalue weighted by molar-refractivity contribution is 0.733. The molecule has 0 aliphatic carbocycles. The van der Waals surface area contributed by atoms with Gasteiger partial charge >= 0.3 is 0 Å². The molecule has 0 aliphatic rings. The highest BCUT2D eigenvalue weighted by atomic mass is 35.5. The summed E-state index contributed by atoms with van der Waals surface area (Å²) in [7, 11) is 0. The smallest absolute Gasteiger partial charge is 0.0469 e. The predicted octanol–water partition coefficient (Wildman–Crippen LogP) is 4.16. The molecule has 0 amide bonds. The van der Waals surface area contributed by atoms with Gasteiger partial charge < -0.3 is 0 Å². The molecule has 0 fully saturated rings. The third-order valence-corrected chi connectivity index (χ3v) is 2.88. The van der Waals surface area contributed by atoms with E-state index in [1.54, 1.807) is 0 Å². The van der Waals surface area contributed by atoms with Crippen molar-refractivity contribution in [2.24, 2.45) is 0 Å². The maximum Gasteiger partial charge on any atom is 0.0469 e. The van der Waals surface area contributed by atoms with Crippen LogP contribution in [0.3, 0.4) is 0 Å². The average molecular weight is 183 g/mol. The van der Waals surface area contributed by atoms with Crippen LogP contribution < -0.4 is 0 Å². The quantitative estimate of drug-likeness (QED) is 0.644. The van der Waals surface area contributed by atoms with Crippen LogP contribution >= 0.6 is 11.6 Å². The van der Waals surface area contributed by atoms with Crippen molar-refractivity contribution < 1.29 is 0 Å². The van der Waals surface area contributed by atoms with Gasteiger partial charge in [-0.3, -0.25) is 0 Å². The Morgan fingerprint density at radius 1 is 1.42 bits per heavy atom. The van der Waals surface area contributed by atoms with Crippen LogP contribution in [0.1, 0.15) is 37.3 Å². The Morgan fingerprint density at radius 3 is 2.67 bits per heavy atom. The molecule has 12 heavy (non-hydrogen) atoms. The summed E-state index contributed by atoms with van der Waals surface area (Å²) in [6.45, 7) is 6.44. The molecule has 1 unspecified atom stereocenters. The van der Waals surface area contributed by atoms with Crippen LogP contribution in [0.4, 0.5) is 0 Å². The third kappa shape index (κ3) is 1.81. The zero-order valence-corrected chi connectivity index (χ0v) is 8.65. The minimum Gasteiger partial charge on any atom is -0.0837 e. The molecule has 0 saturated heterocycles. The molecular formula is C11H15Cl. The van der Waals surface area contributed by atoms with Gasteiger partial charge in [0.15, 0.2) is 0 Å². The number of rotatable bonds is 2. The van der Waals surface area contributed by atoms with Gasteiger partial charge in [0.2, 0.25) is 0 Å². The first-order chi connectivity index (χ1) is 5.66. The van der Waals surface area contributed by atoms with Crippen LogP contribution in [-0.4, -0.2) is 0 Å². The summed E-state index contributed by atoms with van der Waals surface area (Å²) in [5, 5.41) is 0.937. The fraction of sp³-hybridized carbons (Fsp3) is 0.455. The molecule has 0 bridgehead atoms. The van der Waals surface area contributed by atoms with E-state index in [-0.39, 0.29) is 0 Å². The van der Waals surface area contributed by atoms with Gasteiger partial charge in [-0.15, -0.1) is 0 Å². The van der Waals surface area contributed by atoms with Crippen molar-refractivity contribution in [1.29, 1.82) is 0 Å². The first kappa shape index (κ1) is 9.60. The molecule has 0 spiro atoms. The Morgan fingerprint density at radius 2 is 2.08 bits per heavy atom. The topological polar surface area (TPSA) is 0 Å². The lowest BCUT2D eigenvalue weighted by Crippen LogP contribution is -1.93. The van der Waals surface area contributed by atoms with E-state index in [0.717, 1.165) is 11.4 Å². The number of aryl methyl sites for hydroxylation is 1. The van der Waals surface area contributed by atoms with E-state index in [1.807, 2.05) is 13.0 Å². The van der Waals surface area contributed by atoms with Gasteiger partial charge in [0, 0.05) is 5.02 Å². The SMILES string of the molecule is CCC(C)c1cccc(C)c1Cl. The Labute approximate surface area is 79.6 Å². The van der Waals surface area contributed by atoms with E-state index in [2.05, 4.69) is 26.0 Å². The van der Waals surface area contributed by atoms with Crippen LogP contribution in [0.5, 0.6) is 0 Å². The summed E-state index contributed by atoms with van der Waals surface area (Å²) in [5.41, 5.74) is 2.45. The second kappa shape index (κ2) is 3.95. The average Bonchev–Trinajstić information content (AvgIpc) is 2.08. The van der Waals surface area contributed by atoms with Crippen molar-refractivity contribution in [1.82, 2.24) is 0 Å². The molecule has 1 aromatic carbocycles. The highest BCUT2D eigenvalue weighted by molar-refractivity contribution is 6.32. The van der Waals surface area contributed by atoms with Crippen molar-refractivity contribution in [3.63, 3.8) is 0 Å². The Hall–Kier alpha value is -0.490. The lowest BCUT2D eigenvalue weighted by Gasteiger charge is -2.12. The molecule has 66 valence electrons. The predicted molar refractivity (Wildman–Crippen MR) is 54.9 cm³/mol. The lowest BCUT2D eigenvalue weighted by atomic mass is 9.97. The third-order valence-electron chi connectivity index (χ3n) is 2.36. The maximum absolute atomic E-state index is 6.17. The molecule has 0 saturated carbocycles. The summed E-state index contributed by atoms with van der Waals surface area (Å²) in [4.78, 5) is 0. The van der Waals surface area contributed by atoms with E-state index in [9.17, 15) is 0 Å². The van der Waals surface area contributed by atoms with E-state index in [0.29, 0.717) is 5.92 Å². The van der Waals surface area contributed by atoms with Gasteiger partial charge in [0.05, 0.1) is 0 Å². The Balaban J connectivity index is 3.07. The van der Waals surface area contributed by atoms with E-state index >= 15 is 0 Å². The molecule has 0 aliphatic heterocycles. The normalized spacial score (nSPS) is 13.0. The number of hydrogen-bond acceptors (Lipinski definition) is 0. The molecule has 1 rings (SSSR count). The van der Waals surface area contributed by atoms with Gasteiger partial charge in [0.25, 0.3) is 0 Å². The summed E-state index contributed by atoms with van der Waals surface area (Å²) in [6.07, 6.45) is 1.14. The fourth-order valence-corrected chi connectivity index (χ4v) is 1.58. The van der Waals surface area contributed by atoms with Crippen molar-refractivity contribution in [3.05, 3.63) is 34.3 Å². The van der Waals surface area contributed by atoms with Crippen LogP contribution in [0, 0.1) is 6.92 Å². The molecule has 0 nitrogen and oxygen atoms in total. The summed E-state index contributed by atoms with van der Waals surface area (Å²) < 4.78 is 0. The van der Waals surface area contributed by atoms with Crippen LogP contribution in [0.25, 0.3) is 0 Å². The highest BCUT2D eigenvalue weighted by Crippen LogP contribution is 2.28. The van der Waals surface area contributed by atoms with Gasteiger partial charge in [-0.25, -0.2) is 0 Å². The number of benzene rings is 1. The molecule has 0 radical (unpaired) electrons. The van der Waals surface area contributed by atoms with Crippen molar-refractivity contribution in [2.45, 2.75) is 33.1 Å². The minimum atomic E-state index is 0.567. The van der Waals surface area contributed by atoms with Crippen molar-refractivity contribution >= 4 is 11.6 Å². The van der Waals surface area contributed by atoms with E-state index in [4.69, 9.17) is 11.6 Å². The monoisotopic (exact) mass is 182 g/mol. The minimum absolute atomic E-state index is 0.567. The van der Waals surface area contributed by atoms with Gasteiger partial charge in [-0.05, 0) is 30.4 Å². The molecule has 0 N–H and O–H groups in total. The van der Waals surface area contributed by atoms with Gasteiger partial charge in [0.1, 0.15) is 0 Å². The number of halogens is 1. The molecule has 1 heteroatoms.